The number of aliphatic hydroxyl groups is 1. The lowest BCUT2D eigenvalue weighted by Gasteiger charge is -2.35. The average molecular weight is 535 g/mol. The third kappa shape index (κ3) is 6.70. The Hall–Kier alpha value is -3.17. The summed E-state index contributed by atoms with van der Waals surface area (Å²) in [6.45, 7) is 10.1. The highest BCUT2D eigenvalue weighted by Crippen LogP contribution is 2.28. The molecule has 210 valence electrons. The number of hydrazone groups is 1. The maximum absolute atomic E-state index is 12.7. The molecular weight excluding hydrogens is 492 g/mol. The van der Waals surface area contributed by atoms with E-state index in [2.05, 4.69) is 27.8 Å². The molecule has 0 spiro atoms. The van der Waals surface area contributed by atoms with Crippen molar-refractivity contribution in [1.29, 1.82) is 0 Å². The summed E-state index contributed by atoms with van der Waals surface area (Å²) >= 11 is 0. The molecule has 1 aromatic carbocycles. The summed E-state index contributed by atoms with van der Waals surface area (Å²) in [5, 5.41) is 26.8. The van der Waals surface area contributed by atoms with Crippen molar-refractivity contribution in [2.45, 2.75) is 83.4 Å². The van der Waals surface area contributed by atoms with Crippen LogP contribution in [-0.4, -0.2) is 66.5 Å². The average Bonchev–Trinajstić information content (AvgIpc) is 3.77. The first-order chi connectivity index (χ1) is 18.9. The minimum Gasteiger partial charge on any atom is -0.391 e. The van der Waals surface area contributed by atoms with Crippen LogP contribution >= 0.6 is 0 Å². The molecule has 0 bridgehead atoms. The molecule has 1 amide bonds. The van der Waals surface area contributed by atoms with E-state index < -0.39 is 0 Å². The predicted octanol–water partition coefficient (Wildman–Crippen LogP) is 3.66. The Morgan fingerprint density at radius 2 is 1.95 bits per heavy atom. The number of allylic oxidation sites excluding steroid dienone is 1. The first-order valence-corrected chi connectivity index (χ1v) is 14.4. The Morgan fingerprint density at radius 3 is 2.64 bits per heavy atom. The number of ether oxygens (including phenoxy) is 1. The number of benzene rings is 1. The number of aliphatic hydroxyl groups excluding tert-OH is 1. The highest BCUT2D eigenvalue weighted by Gasteiger charge is 2.29. The van der Waals surface area contributed by atoms with Gasteiger partial charge in [0.2, 0.25) is 0 Å². The third-order valence-corrected chi connectivity index (χ3v) is 8.19. The number of hydrogen-bond acceptors (Lipinski definition) is 7. The van der Waals surface area contributed by atoms with Gasteiger partial charge in [0, 0.05) is 44.2 Å². The Bertz CT molecular complexity index is 1170. The number of amides is 1. The molecule has 0 aromatic heterocycles. The van der Waals surface area contributed by atoms with E-state index >= 15 is 0 Å². The van der Waals surface area contributed by atoms with Gasteiger partial charge in [0.1, 0.15) is 11.6 Å². The smallest absolute Gasteiger partial charge is 0.251 e. The van der Waals surface area contributed by atoms with E-state index in [1.54, 1.807) is 5.01 Å². The van der Waals surface area contributed by atoms with E-state index in [0.717, 1.165) is 92.9 Å². The van der Waals surface area contributed by atoms with Gasteiger partial charge < -0.3 is 25.8 Å². The lowest BCUT2D eigenvalue weighted by molar-refractivity contribution is 0.0689. The molecule has 1 aromatic rings. The van der Waals surface area contributed by atoms with Crippen molar-refractivity contribution < 1.29 is 14.6 Å². The van der Waals surface area contributed by atoms with E-state index in [1.807, 2.05) is 38.1 Å². The molecule has 2 aliphatic heterocycles. The molecule has 0 radical (unpaired) electrons. The molecule has 2 saturated carbocycles. The zero-order valence-electron chi connectivity index (χ0n) is 23.2. The number of carbonyl (C=O) groups excluding carboxylic acids is 1. The van der Waals surface area contributed by atoms with E-state index in [0.29, 0.717) is 29.9 Å². The van der Waals surface area contributed by atoms with Crippen LogP contribution in [0.1, 0.15) is 79.8 Å². The van der Waals surface area contributed by atoms with Gasteiger partial charge in [0.25, 0.3) is 5.91 Å². The third-order valence-electron chi connectivity index (χ3n) is 8.19. The molecule has 0 unspecified atom stereocenters. The number of nitrogens with one attached hydrogen (secondary N) is 3. The maximum atomic E-state index is 12.7. The summed E-state index contributed by atoms with van der Waals surface area (Å²) in [6, 6.07) is 6.22. The number of aliphatic imine (C=N–C) groups is 1. The summed E-state index contributed by atoms with van der Waals surface area (Å²) in [5.74, 6) is 2.71. The van der Waals surface area contributed by atoms with Gasteiger partial charge in [-0.2, -0.15) is 10.1 Å². The second-order valence-electron chi connectivity index (χ2n) is 11.2. The van der Waals surface area contributed by atoms with Crippen molar-refractivity contribution in [2.24, 2.45) is 16.0 Å². The first-order valence-electron chi connectivity index (χ1n) is 14.4. The van der Waals surface area contributed by atoms with Crippen LogP contribution in [0.2, 0.25) is 0 Å². The summed E-state index contributed by atoms with van der Waals surface area (Å²) in [7, 11) is 0. The summed E-state index contributed by atoms with van der Waals surface area (Å²) in [6.07, 6.45) is 9.56. The first kappa shape index (κ1) is 27.4. The molecule has 2 heterocycles. The van der Waals surface area contributed by atoms with Gasteiger partial charge in [0.15, 0.2) is 5.84 Å². The Morgan fingerprint density at radius 1 is 1.18 bits per heavy atom. The van der Waals surface area contributed by atoms with Crippen LogP contribution < -0.4 is 16.0 Å². The normalized spacial score (nSPS) is 26.5. The van der Waals surface area contributed by atoms with Crippen LogP contribution in [0, 0.1) is 12.8 Å². The van der Waals surface area contributed by atoms with Crippen LogP contribution in [0.25, 0.3) is 5.57 Å². The second kappa shape index (κ2) is 12.3. The Balaban J connectivity index is 1.44. The van der Waals surface area contributed by atoms with Gasteiger partial charge in [-0.1, -0.05) is 25.0 Å². The highest BCUT2D eigenvalue weighted by molar-refractivity contribution is 5.98. The number of hydrogen-bond donors (Lipinski definition) is 4. The van der Waals surface area contributed by atoms with Gasteiger partial charge in [-0.3, -0.25) is 9.79 Å². The second-order valence-corrected chi connectivity index (χ2v) is 11.2. The molecule has 2 atom stereocenters. The van der Waals surface area contributed by atoms with E-state index in [9.17, 15) is 9.90 Å². The molecule has 2 aliphatic carbocycles. The summed E-state index contributed by atoms with van der Waals surface area (Å²) < 4.78 is 5.52. The zero-order valence-corrected chi connectivity index (χ0v) is 23.2. The standard InChI is InChI=1S/C30H42N6O3/c1-19-16-22(8-11-24(19)30(38)33-23-9-10-23)20(2)29-35-27(34-25-6-4-5-7-26(25)37)17-28(36(29)31-3)32-18-21-12-14-39-15-13-21/h8,11,16-17,21,23,25-26,34-35,37H,3-7,9-10,12-15,18H2,1-2H3,(H,33,38)/b29-20+,32-28?/t25-,26-/m0/s1. The van der Waals surface area contributed by atoms with Crippen LogP contribution in [0.3, 0.4) is 0 Å². The fourth-order valence-corrected chi connectivity index (χ4v) is 5.52. The summed E-state index contributed by atoms with van der Waals surface area (Å²) in [4.78, 5) is 17.7. The van der Waals surface area contributed by atoms with Crippen LogP contribution in [-0.2, 0) is 4.74 Å². The monoisotopic (exact) mass is 534 g/mol. The SMILES string of the molecule is C=NN1C(=NCC2CCOCC2)C=C(N[C@H]2CCCC[C@@H]2O)N/C1=C(/C)c1ccc(C(=O)NC2CC2)c(C)c1. The molecule has 39 heavy (non-hydrogen) atoms. The van der Waals surface area contributed by atoms with Crippen molar-refractivity contribution in [1.82, 2.24) is 21.0 Å². The molecule has 3 fully saturated rings. The van der Waals surface area contributed by atoms with Crippen LogP contribution in [0.15, 0.2) is 46.0 Å². The van der Waals surface area contributed by atoms with Gasteiger partial charge in [-0.15, -0.1) is 0 Å². The number of carbonyl (C=O) groups is 1. The Kier molecular flexibility index (Phi) is 8.67. The lowest BCUT2D eigenvalue weighted by Crippen LogP contribution is -2.48. The number of amidine groups is 1. The van der Waals surface area contributed by atoms with Crippen molar-refractivity contribution in [3.63, 3.8) is 0 Å². The van der Waals surface area contributed by atoms with Crippen molar-refractivity contribution >= 4 is 24.0 Å². The lowest BCUT2D eigenvalue weighted by atomic mass is 9.92. The van der Waals surface area contributed by atoms with Gasteiger partial charge in [0.05, 0.1) is 12.1 Å². The molecule has 5 rings (SSSR count). The number of aryl methyl sites for hydroxylation is 1. The highest BCUT2D eigenvalue weighted by atomic mass is 16.5. The maximum Gasteiger partial charge on any atom is 0.251 e. The zero-order chi connectivity index (χ0) is 27.4. The minimum absolute atomic E-state index is 0.0139. The van der Waals surface area contributed by atoms with E-state index in [4.69, 9.17) is 9.73 Å². The molecule has 9 heteroatoms. The van der Waals surface area contributed by atoms with Gasteiger partial charge in [-0.25, -0.2) is 0 Å². The molecule has 1 saturated heterocycles. The molecule has 4 aliphatic rings. The molecule has 4 N–H and O–H groups in total. The molecular formula is C30H42N6O3. The van der Waals surface area contributed by atoms with Crippen molar-refractivity contribution in [3.8, 4) is 0 Å². The largest absolute Gasteiger partial charge is 0.391 e. The number of nitrogens with zero attached hydrogens (tertiary/aromatic N) is 3. The summed E-state index contributed by atoms with van der Waals surface area (Å²) in [5.41, 5.74) is 3.56. The van der Waals surface area contributed by atoms with E-state index in [-0.39, 0.29) is 18.1 Å². The number of rotatable bonds is 8. The predicted molar refractivity (Wildman–Crippen MR) is 154 cm³/mol. The topological polar surface area (TPSA) is 111 Å². The van der Waals surface area contributed by atoms with Gasteiger partial charge >= 0.3 is 0 Å². The fraction of sp³-hybridized carbons (Fsp3) is 0.567. The van der Waals surface area contributed by atoms with Crippen molar-refractivity contribution in [2.75, 3.05) is 19.8 Å². The van der Waals surface area contributed by atoms with Gasteiger partial charge in [-0.05, 0) is 81.1 Å². The molecule has 9 nitrogen and oxygen atoms in total. The van der Waals surface area contributed by atoms with E-state index in [1.165, 1.54) is 0 Å². The fourth-order valence-electron chi connectivity index (χ4n) is 5.52. The quantitative estimate of drug-likeness (QED) is 0.379. The van der Waals surface area contributed by atoms with Crippen molar-refractivity contribution in [3.05, 3.63) is 52.6 Å². The van der Waals surface area contributed by atoms with Crippen LogP contribution in [0.4, 0.5) is 0 Å². The van der Waals surface area contributed by atoms with Crippen LogP contribution in [0.5, 0.6) is 0 Å². The minimum atomic E-state index is -0.384. The Labute approximate surface area is 231 Å².